The van der Waals surface area contributed by atoms with Crippen LogP contribution in [0, 0.1) is 11.3 Å². The lowest BCUT2D eigenvalue weighted by atomic mass is 10.1. The molecule has 0 radical (unpaired) electrons. The number of hydrogen-bond donors (Lipinski definition) is 1. The number of nitrogens with one attached hydrogen (secondary N) is 1. The van der Waals surface area contributed by atoms with Crippen LogP contribution < -0.4 is 5.32 Å². The first-order valence-electron chi connectivity index (χ1n) is 4.50. The summed E-state index contributed by atoms with van der Waals surface area (Å²) in [6, 6.07) is 8.52. The normalized spacial score (nSPS) is 9.44. The molecule has 0 aliphatic heterocycles. The molecule has 0 bridgehead atoms. The Hall–Kier alpha value is -2.19. The van der Waals surface area contributed by atoms with Crippen molar-refractivity contribution >= 4 is 22.4 Å². The highest BCUT2D eigenvalue weighted by molar-refractivity contribution is 7.13. The topological polar surface area (TPSA) is 65.8 Å². The quantitative estimate of drug-likeness (QED) is 0.859. The van der Waals surface area contributed by atoms with Gasteiger partial charge in [0, 0.05) is 17.1 Å². The standard InChI is InChI=1S/C11H7N3OS/c12-7-8-2-1-3-9(6-8)10(15)14-11-13-4-5-16-11/h1-6H,(H,13,14,15). The summed E-state index contributed by atoms with van der Waals surface area (Å²) in [5, 5.41) is 13.7. The third-order valence-corrected chi connectivity index (χ3v) is 2.60. The smallest absolute Gasteiger partial charge is 0.257 e. The van der Waals surface area contributed by atoms with Crippen LogP contribution in [0.5, 0.6) is 0 Å². The molecule has 1 heterocycles. The highest BCUT2D eigenvalue weighted by Gasteiger charge is 2.07. The number of thiazole rings is 1. The van der Waals surface area contributed by atoms with Crippen LogP contribution in [0.15, 0.2) is 35.8 Å². The van der Waals surface area contributed by atoms with Gasteiger partial charge in [0.15, 0.2) is 5.13 Å². The van der Waals surface area contributed by atoms with Crippen molar-refractivity contribution in [2.45, 2.75) is 0 Å². The molecule has 1 aromatic heterocycles. The fraction of sp³-hybridized carbons (Fsp3) is 0. The molecule has 2 rings (SSSR count). The first-order chi connectivity index (χ1) is 7.79. The second-order valence-corrected chi connectivity index (χ2v) is 3.88. The van der Waals surface area contributed by atoms with Crippen molar-refractivity contribution < 1.29 is 4.79 Å². The maximum Gasteiger partial charge on any atom is 0.257 e. The van der Waals surface area contributed by atoms with E-state index in [0.29, 0.717) is 16.3 Å². The summed E-state index contributed by atoms with van der Waals surface area (Å²) in [6.45, 7) is 0. The van der Waals surface area contributed by atoms with Crippen LogP contribution in [0.2, 0.25) is 0 Å². The van der Waals surface area contributed by atoms with E-state index in [-0.39, 0.29) is 5.91 Å². The lowest BCUT2D eigenvalue weighted by Gasteiger charge is -2.01. The highest BCUT2D eigenvalue weighted by Crippen LogP contribution is 2.12. The second-order valence-electron chi connectivity index (χ2n) is 2.98. The monoisotopic (exact) mass is 229 g/mol. The molecule has 78 valence electrons. The van der Waals surface area contributed by atoms with Gasteiger partial charge in [-0.15, -0.1) is 11.3 Å². The van der Waals surface area contributed by atoms with Gasteiger partial charge in [-0.2, -0.15) is 5.26 Å². The molecule has 2 aromatic rings. The Bertz CT molecular complexity index is 543. The average Bonchev–Trinajstić information content (AvgIpc) is 2.82. The second kappa shape index (κ2) is 4.55. The first-order valence-corrected chi connectivity index (χ1v) is 5.38. The van der Waals surface area contributed by atoms with Crippen LogP contribution >= 0.6 is 11.3 Å². The molecule has 5 heteroatoms. The Morgan fingerprint density at radius 2 is 2.38 bits per heavy atom. The zero-order valence-electron chi connectivity index (χ0n) is 8.18. The van der Waals surface area contributed by atoms with E-state index in [1.165, 1.54) is 11.3 Å². The van der Waals surface area contributed by atoms with Crippen LogP contribution in [0.25, 0.3) is 0 Å². The van der Waals surface area contributed by atoms with Crippen LogP contribution in [0.3, 0.4) is 0 Å². The van der Waals surface area contributed by atoms with Crippen molar-refractivity contribution in [3.63, 3.8) is 0 Å². The third-order valence-electron chi connectivity index (χ3n) is 1.91. The van der Waals surface area contributed by atoms with E-state index in [1.54, 1.807) is 35.8 Å². The van der Waals surface area contributed by atoms with Crippen molar-refractivity contribution in [1.82, 2.24) is 4.98 Å². The van der Waals surface area contributed by atoms with Gasteiger partial charge in [0.1, 0.15) is 0 Å². The lowest BCUT2D eigenvalue weighted by Crippen LogP contribution is -2.11. The minimum atomic E-state index is -0.257. The number of nitrogens with zero attached hydrogens (tertiary/aromatic N) is 2. The van der Waals surface area contributed by atoms with E-state index in [4.69, 9.17) is 5.26 Å². The molecule has 1 aromatic carbocycles. The maximum atomic E-state index is 11.7. The largest absolute Gasteiger partial charge is 0.298 e. The number of benzene rings is 1. The van der Waals surface area contributed by atoms with Gasteiger partial charge < -0.3 is 0 Å². The average molecular weight is 229 g/mol. The van der Waals surface area contributed by atoms with E-state index in [9.17, 15) is 4.79 Å². The van der Waals surface area contributed by atoms with Crippen molar-refractivity contribution in [1.29, 1.82) is 5.26 Å². The van der Waals surface area contributed by atoms with Crippen molar-refractivity contribution in [2.24, 2.45) is 0 Å². The van der Waals surface area contributed by atoms with Gasteiger partial charge in [-0.25, -0.2) is 4.98 Å². The van der Waals surface area contributed by atoms with Crippen molar-refractivity contribution in [3.05, 3.63) is 47.0 Å². The molecule has 0 saturated carbocycles. The van der Waals surface area contributed by atoms with Crippen LogP contribution in [0.4, 0.5) is 5.13 Å². The Kier molecular flexibility index (Phi) is 2.94. The predicted molar refractivity (Wildman–Crippen MR) is 61.2 cm³/mol. The molecule has 1 N–H and O–H groups in total. The molecule has 0 atom stereocenters. The maximum absolute atomic E-state index is 11.7. The summed E-state index contributed by atoms with van der Waals surface area (Å²) in [4.78, 5) is 15.7. The zero-order chi connectivity index (χ0) is 11.4. The molecule has 0 fully saturated rings. The minimum Gasteiger partial charge on any atom is -0.298 e. The lowest BCUT2D eigenvalue weighted by molar-refractivity contribution is 0.102. The Balaban J connectivity index is 2.18. The van der Waals surface area contributed by atoms with Gasteiger partial charge in [0.05, 0.1) is 11.6 Å². The van der Waals surface area contributed by atoms with Gasteiger partial charge in [0.2, 0.25) is 0 Å². The molecule has 0 saturated heterocycles. The number of aromatic nitrogens is 1. The molecule has 1 amide bonds. The molecule has 0 aliphatic rings. The minimum absolute atomic E-state index is 0.257. The van der Waals surface area contributed by atoms with Gasteiger partial charge in [-0.3, -0.25) is 10.1 Å². The third kappa shape index (κ3) is 2.24. The fourth-order valence-corrected chi connectivity index (χ4v) is 1.71. The number of nitriles is 1. The Labute approximate surface area is 96.2 Å². The summed E-state index contributed by atoms with van der Waals surface area (Å²) in [7, 11) is 0. The SMILES string of the molecule is N#Cc1cccc(C(=O)Nc2nccs2)c1. The van der Waals surface area contributed by atoms with Gasteiger partial charge in [0.25, 0.3) is 5.91 Å². The number of carbonyl (C=O) groups is 1. The molecular weight excluding hydrogens is 222 g/mol. The fourth-order valence-electron chi connectivity index (χ4n) is 1.18. The van der Waals surface area contributed by atoms with E-state index < -0.39 is 0 Å². The first kappa shape index (κ1) is 10.3. The zero-order valence-corrected chi connectivity index (χ0v) is 8.99. The summed E-state index contributed by atoms with van der Waals surface area (Å²) in [5.74, 6) is -0.257. The van der Waals surface area contributed by atoms with Crippen LogP contribution in [-0.2, 0) is 0 Å². The summed E-state index contributed by atoms with van der Waals surface area (Å²) in [5.41, 5.74) is 0.918. The summed E-state index contributed by atoms with van der Waals surface area (Å²) in [6.07, 6.45) is 1.62. The molecule has 4 nitrogen and oxygen atoms in total. The predicted octanol–water partition coefficient (Wildman–Crippen LogP) is 2.27. The van der Waals surface area contributed by atoms with Crippen molar-refractivity contribution in [3.8, 4) is 6.07 Å². The van der Waals surface area contributed by atoms with Crippen molar-refractivity contribution in [2.75, 3.05) is 5.32 Å². The van der Waals surface area contributed by atoms with Crippen LogP contribution in [-0.4, -0.2) is 10.9 Å². The molecule has 16 heavy (non-hydrogen) atoms. The van der Waals surface area contributed by atoms with Crippen LogP contribution in [0.1, 0.15) is 15.9 Å². The molecule has 0 aliphatic carbocycles. The molecular formula is C11H7N3OS. The number of amides is 1. The van der Waals surface area contributed by atoms with E-state index >= 15 is 0 Å². The Morgan fingerprint density at radius 3 is 3.06 bits per heavy atom. The van der Waals surface area contributed by atoms with Gasteiger partial charge in [-0.1, -0.05) is 6.07 Å². The summed E-state index contributed by atoms with van der Waals surface area (Å²) >= 11 is 1.35. The Morgan fingerprint density at radius 1 is 1.50 bits per heavy atom. The highest BCUT2D eigenvalue weighted by atomic mass is 32.1. The van der Waals surface area contributed by atoms with E-state index in [2.05, 4.69) is 10.3 Å². The molecule has 0 unspecified atom stereocenters. The van der Waals surface area contributed by atoms with Gasteiger partial charge in [-0.05, 0) is 18.2 Å². The van der Waals surface area contributed by atoms with E-state index in [1.807, 2.05) is 6.07 Å². The van der Waals surface area contributed by atoms with Gasteiger partial charge >= 0.3 is 0 Å². The molecule has 0 spiro atoms. The number of anilines is 1. The van der Waals surface area contributed by atoms with E-state index in [0.717, 1.165) is 0 Å². The number of hydrogen-bond acceptors (Lipinski definition) is 4. The number of rotatable bonds is 2. The summed E-state index contributed by atoms with van der Waals surface area (Å²) < 4.78 is 0. The number of carbonyl (C=O) groups excluding carboxylic acids is 1.